The average molecular weight is 488 g/mol. The lowest BCUT2D eigenvalue weighted by atomic mass is 10.1. The van der Waals surface area contributed by atoms with E-state index < -0.39 is 0 Å². The molecule has 7 nitrogen and oxygen atoms in total. The highest BCUT2D eigenvalue weighted by atomic mass is 35.5. The second kappa shape index (κ2) is 9.77. The molecule has 4 aromatic rings. The van der Waals surface area contributed by atoms with Crippen molar-refractivity contribution in [3.8, 4) is 0 Å². The van der Waals surface area contributed by atoms with Crippen molar-refractivity contribution in [3.63, 3.8) is 0 Å². The number of carbonyl (C=O) groups is 1. The molecule has 0 atom stereocenters. The SMILES string of the molecule is C=CCn1c(=O)c2ccccc2n2c(SCC(=O)NCCc3ccc(Cl)cc3Cl)nnc12. The molecule has 0 aliphatic carbocycles. The molecule has 164 valence electrons. The van der Waals surface area contributed by atoms with Crippen LogP contribution in [0.3, 0.4) is 0 Å². The molecule has 0 bridgehead atoms. The van der Waals surface area contributed by atoms with Crippen molar-refractivity contribution in [1.82, 2.24) is 24.5 Å². The van der Waals surface area contributed by atoms with Gasteiger partial charge in [0.1, 0.15) is 0 Å². The Morgan fingerprint density at radius 2 is 2.00 bits per heavy atom. The molecule has 0 fully saturated rings. The van der Waals surface area contributed by atoms with Gasteiger partial charge in [-0.25, -0.2) is 0 Å². The number of para-hydroxylation sites is 1. The number of halogens is 2. The quantitative estimate of drug-likeness (QED) is 0.300. The van der Waals surface area contributed by atoms with Crippen molar-refractivity contribution >= 4 is 57.6 Å². The largest absolute Gasteiger partial charge is 0.355 e. The zero-order chi connectivity index (χ0) is 22.7. The molecule has 1 N–H and O–H groups in total. The lowest BCUT2D eigenvalue weighted by Gasteiger charge is -2.10. The number of thioether (sulfide) groups is 1. The topological polar surface area (TPSA) is 81.3 Å². The van der Waals surface area contributed by atoms with Gasteiger partial charge in [0.2, 0.25) is 11.7 Å². The summed E-state index contributed by atoms with van der Waals surface area (Å²) in [7, 11) is 0. The molecule has 2 heterocycles. The zero-order valence-corrected chi connectivity index (χ0v) is 19.3. The summed E-state index contributed by atoms with van der Waals surface area (Å²) in [5, 5.41) is 13.5. The first kappa shape index (κ1) is 22.4. The monoisotopic (exact) mass is 487 g/mol. The third-order valence-corrected chi connectivity index (χ3v) is 6.37. The van der Waals surface area contributed by atoms with E-state index in [2.05, 4.69) is 22.1 Å². The highest BCUT2D eigenvalue weighted by Crippen LogP contribution is 2.22. The number of amides is 1. The Morgan fingerprint density at radius 3 is 2.78 bits per heavy atom. The maximum Gasteiger partial charge on any atom is 0.263 e. The van der Waals surface area contributed by atoms with E-state index in [1.54, 1.807) is 28.7 Å². The maximum absolute atomic E-state index is 12.8. The molecule has 0 unspecified atom stereocenters. The molecule has 0 radical (unpaired) electrons. The Bertz CT molecular complexity index is 1380. The van der Waals surface area contributed by atoms with Crippen LogP contribution in [-0.4, -0.2) is 37.4 Å². The van der Waals surface area contributed by atoms with E-state index in [0.29, 0.717) is 51.4 Å². The van der Waals surface area contributed by atoms with Crippen molar-refractivity contribution in [3.05, 3.63) is 81.1 Å². The Balaban J connectivity index is 1.49. The van der Waals surface area contributed by atoms with Crippen molar-refractivity contribution in [2.75, 3.05) is 12.3 Å². The number of nitrogens with one attached hydrogen (secondary N) is 1. The number of carbonyl (C=O) groups excluding carboxylic acids is 1. The van der Waals surface area contributed by atoms with Crippen LogP contribution < -0.4 is 10.9 Å². The molecule has 0 aliphatic rings. The summed E-state index contributed by atoms with van der Waals surface area (Å²) in [6.45, 7) is 4.48. The lowest BCUT2D eigenvalue weighted by Crippen LogP contribution is -2.27. The van der Waals surface area contributed by atoms with Gasteiger partial charge in [-0.3, -0.25) is 18.6 Å². The molecule has 0 aliphatic heterocycles. The zero-order valence-electron chi connectivity index (χ0n) is 16.9. The number of aromatic nitrogens is 4. The summed E-state index contributed by atoms with van der Waals surface area (Å²) < 4.78 is 3.31. The number of fused-ring (bicyclic) bond motifs is 3. The minimum atomic E-state index is -0.157. The van der Waals surface area contributed by atoms with Gasteiger partial charge in [-0.2, -0.15) is 0 Å². The highest BCUT2D eigenvalue weighted by molar-refractivity contribution is 7.99. The van der Waals surface area contributed by atoms with E-state index in [0.717, 1.165) is 5.56 Å². The van der Waals surface area contributed by atoms with Gasteiger partial charge in [0, 0.05) is 23.1 Å². The number of hydrogen-bond donors (Lipinski definition) is 1. The van der Waals surface area contributed by atoms with Gasteiger partial charge in [0.15, 0.2) is 5.16 Å². The standard InChI is InChI=1S/C22H19Cl2N5O2S/c1-2-11-28-20(31)16-5-3-4-6-18(16)29-21(28)26-27-22(29)32-13-19(30)25-10-9-14-7-8-15(23)12-17(14)24/h2-8,12H,1,9-11,13H2,(H,25,30). The molecular formula is C22H19Cl2N5O2S. The van der Waals surface area contributed by atoms with Gasteiger partial charge < -0.3 is 5.32 Å². The van der Waals surface area contributed by atoms with Crippen LogP contribution in [0.2, 0.25) is 10.0 Å². The molecule has 10 heteroatoms. The van der Waals surface area contributed by atoms with Crippen LogP contribution in [0.25, 0.3) is 16.7 Å². The van der Waals surface area contributed by atoms with Gasteiger partial charge in [0.05, 0.1) is 16.7 Å². The third kappa shape index (κ3) is 4.53. The Hall–Kier alpha value is -2.81. The first-order valence-corrected chi connectivity index (χ1v) is 11.5. The van der Waals surface area contributed by atoms with Crippen LogP contribution >= 0.6 is 35.0 Å². The van der Waals surface area contributed by atoms with Crippen LogP contribution in [0.4, 0.5) is 0 Å². The first-order valence-electron chi connectivity index (χ1n) is 9.80. The fraction of sp³-hybridized carbons (Fsp3) is 0.182. The number of allylic oxidation sites excluding steroid dienone is 1. The van der Waals surface area contributed by atoms with Gasteiger partial charge in [-0.1, -0.05) is 59.2 Å². The second-order valence-corrected chi connectivity index (χ2v) is 8.75. The van der Waals surface area contributed by atoms with E-state index >= 15 is 0 Å². The van der Waals surface area contributed by atoms with Crippen LogP contribution in [0.15, 0.2) is 65.1 Å². The fourth-order valence-corrected chi connectivity index (χ4v) is 4.64. The van der Waals surface area contributed by atoms with Gasteiger partial charge in [0.25, 0.3) is 5.56 Å². The normalized spacial score (nSPS) is 11.2. The number of benzene rings is 2. The summed E-state index contributed by atoms with van der Waals surface area (Å²) in [6, 6.07) is 12.6. The molecule has 1 amide bonds. The number of rotatable bonds is 8. The van der Waals surface area contributed by atoms with Crippen molar-refractivity contribution < 1.29 is 4.79 Å². The Morgan fingerprint density at radius 1 is 1.19 bits per heavy atom. The lowest BCUT2D eigenvalue weighted by molar-refractivity contribution is -0.118. The number of hydrogen-bond acceptors (Lipinski definition) is 5. The van der Waals surface area contributed by atoms with Crippen LogP contribution in [-0.2, 0) is 17.8 Å². The average Bonchev–Trinajstić information content (AvgIpc) is 3.21. The summed E-state index contributed by atoms with van der Waals surface area (Å²) >= 11 is 13.3. The van der Waals surface area contributed by atoms with E-state index in [1.165, 1.54) is 16.3 Å². The molecule has 32 heavy (non-hydrogen) atoms. The molecule has 4 rings (SSSR count). The van der Waals surface area contributed by atoms with E-state index in [-0.39, 0.29) is 17.2 Å². The van der Waals surface area contributed by atoms with Crippen molar-refractivity contribution in [2.45, 2.75) is 18.1 Å². The molecule has 0 spiro atoms. The summed E-state index contributed by atoms with van der Waals surface area (Å²) in [5.74, 6) is 0.429. The van der Waals surface area contributed by atoms with Gasteiger partial charge in [-0.15, -0.1) is 16.8 Å². The van der Waals surface area contributed by atoms with E-state index in [4.69, 9.17) is 23.2 Å². The summed E-state index contributed by atoms with van der Waals surface area (Å²) in [4.78, 5) is 25.2. The minimum Gasteiger partial charge on any atom is -0.355 e. The second-order valence-electron chi connectivity index (χ2n) is 6.96. The number of nitrogens with zero attached hydrogens (tertiary/aromatic N) is 4. The predicted octanol–water partition coefficient (Wildman–Crippen LogP) is 3.99. The van der Waals surface area contributed by atoms with E-state index in [1.807, 2.05) is 24.3 Å². The van der Waals surface area contributed by atoms with Crippen molar-refractivity contribution in [2.24, 2.45) is 0 Å². The molecule has 0 saturated carbocycles. The van der Waals surface area contributed by atoms with Crippen LogP contribution in [0, 0.1) is 0 Å². The van der Waals surface area contributed by atoms with Crippen LogP contribution in [0.1, 0.15) is 5.56 Å². The third-order valence-electron chi connectivity index (χ3n) is 4.85. The van der Waals surface area contributed by atoms with Gasteiger partial charge >= 0.3 is 0 Å². The summed E-state index contributed by atoms with van der Waals surface area (Å²) in [6.07, 6.45) is 2.23. The minimum absolute atomic E-state index is 0.138. The molecular weight excluding hydrogens is 469 g/mol. The maximum atomic E-state index is 12.8. The van der Waals surface area contributed by atoms with Gasteiger partial charge in [-0.05, 0) is 36.2 Å². The Kier molecular flexibility index (Phi) is 6.83. The van der Waals surface area contributed by atoms with E-state index in [9.17, 15) is 9.59 Å². The molecule has 0 saturated heterocycles. The fourth-order valence-electron chi connectivity index (χ4n) is 3.36. The smallest absolute Gasteiger partial charge is 0.263 e. The highest BCUT2D eigenvalue weighted by Gasteiger charge is 2.17. The predicted molar refractivity (Wildman–Crippen MR) is 129 cm³/mol. The summed E-state index contributed by atoms with van der Waals surface area (Å²) in [5.41, 5.74) is 1.45. The van der Waals surface area contributed by atoms with Crippen molar-refractivity contribution in [1.29, 1.82) is 0 Å². The first-order chi connectivity index (χ1) is 15.5. The molecule has 2 aromatic carbocycles. The van der Waals surface area contributed by atoms with Crippen LogP contribution in [0.5, 0.6) is 0 Å². The molecule has 2 aromatic heterocycles. The Labute approximate surface area is 198 Å².